The number of piperidine rings is 1. The Morgan fingerprint density at radius 3 is 2.33 bits per heavy atom. The van der Waals surface area contributed by atoms with Gasteiger partial charge in [0.25, 0.3) is 0 Å². The third-order valence-electron chi connectivity index (χ3n) is 4.41. The summed E-state index contributed by atoms with van der Waals surface area (Å²) in [5.41, 5.74) is 0. The van der Waals surface area contributed by atoms with Gasteiger partial charge in [-0.15, -0.1) is 0 Å². The van der Waals surface area contributed by atoms with E-state index >= 15 is 0 Å². The van der Waals surface area contributed by atoms with Gasteiger partial charge in [0, 0.05) is 12.6 Å². The summed E-state index contributed by atoms with van der Waals surface area (Å²) >= 11 is 0. The molecule has 2 amide bonds. The van der Waals surface area contributed by atoms with Crippen molar-refractivity contribution in [1.29, 1.82) is 0 Å². The number of imide groups is 1. The number of amides is 2. The summed E-state index contributed by atoms with van der Waals surface area (Å²) in [7, 11) is 0. The number of fused-ring (bicyclic) bond motifs is 1. The van der Waals surface area contributed by atoms with Crippen LogP contribution in [0.2, 0.25) is 0 Å². The van der Waals surface area contributed by atoms with Crippen molar-refractivity contribution in [3.8, 4) is 0 Å². The van der Waals surface area contributed by atoms with Crippen LogP contribution >= 0.6 is 0 Å². The summed E-state index contributed by atoms with van der Waals surface area (Å²) in [5.74, 6) is -0.0411. The largest absolute Gasteiger partial charge is 0.312 e. The van der Waals surface area contributed by atoms with E-state index in [9.17, 15) is 9.59 Å². The fraction of sp³-hybridized carbons (Fsp3) is 0.714. The van der Waals surface area contributed by atoms with Gasteiger partial charge in [0.05, 0.1) is 11.8 Å². The topological polar surface area (TPSA) is 49.4 Å². The van der Waals surface area contributed by atoms with Crippen molar-refractivity contribution >= 4 is 11.8 Å². The van der Waals surface area contributed by atoms with Gasteiger partial charge in [-0.25, -0.2) is 0 Å². The van der Waals surface area contributed by atoms with Crippen molar-refractivity contribution in [1.82, 2.24) is 10.2 Å². The van der Waals surface area contributed by atoms with Crippen molar-refractivity contribution in [3.05, 3.63) is 12.2 Å². The minimum Gasteiger partial charge on any atom is -0.312 e. The minimum atomic E-state index is -0.0777. The van der Waals surface area contributed by atoms with Crippen LogP contribution in [0, 0.1) is 11.8 Å². The zero-order chi connectivity index (χ0) is 12.5. The number of nitrogens with zero attached hydrogens (tertiary/aromatic N) is 1. The van der Waals surface area contributed by atoms with Crippen molar-refractivity contribution in [2.75, 3.05) is 13.1 Å². The van der Waals surface area contributed by atoms with Crippen molar-refractivity contribution < 1.29 is 9.59 Å². The van der Waals surface area contributed by atoms with Gasteiger partial charge in [0.2, 0.25) is 11.8 Å². The van der Waals surface area contributed by atoms with E-state index in [1.54, 1.807) is 0 Å². The minimum absolute atomic E-state index is 0.0572. The third-order valence-corrected chi connectivity index (χ3v) is 4.41. The Hall–Kier alpha value is -1.16. The van der Waals surface area contributed by atoms with E-state index in [1.807, 2.05) is 12.2 Å². The summed E-state index contributed by atoms with van der Waals surface area (Å²) in [5, 5.41) is 3.41. The Morgan fingerprint density at radius 1 is 1.11 bits per heavy atom. The highest BCUT2D eigenvalue weighted by molar-refractivity contribution is 6.05. The first kappa shape index (κ1) is 11.9. The molecule has 18 heavy (non-hydrogen) atoms. The molecule has 2 fully saturated rings. The number of nitrogens with one attached hydrogen (secondary N) is 1. The number of allylic oxidation sites excluding steroid dienone is 2. The Labute approximate surface area is 107 Å². The van der Waals surface area contributed by atoms with Crippen molar-refractivity contribution in [3.63, 3.8) is 0 Å². The number of likely N-dealkylation sites (tertiary alicyclic amines) is 1. The lowest BCUT2D eigenvalue weighted by Crippen LogP contribution is -2.46. The molecule has 2 heterocycles. The summed E-state index contributed by atoms with van der Waals surface area (Å²) in [6, 6.07) is 0.305. The molecule has 3 rings (SSSR count). The molecule has 1 aliphatic carbocycles. The molecule has 3 aliphatic rings. The average Bonchev–Trinajstić information content (AvgIpc) is 2.66. The number of hydrogen-bond acceptors (Lipinski definition) is 3. The maximum Gasteiger partial charge on any atom is 0.233 e. The molecule has 0 aromatic carbocycles. The average molecular weight is 248 g/mol. The molecule has 0 saturated carbocycles. The quantitative estimate of drug-likeness (QED) is 0.587. The summed E-state index contributed by atoms with van der Waals surface area (Å²) in [4.78, 5) is 26.1. The van der Waals surface area contributed by atoms with Crippen LogP contribution in [-0.4, -0.2) is 35.8 Å². The van der Waals surface area contributed by atoms with Gasteiger partial charge in [-0.05, 0) is 32.2 Å². The first-order valence-corrected chi connectivity index (χ1v) is 7.01. The Bertz CT molecular complexity index is 359. The van der Waals surface area contributed by atoms with Gasteiger partial charge < -0.3 is 5.32 Å². The van der Waals surface area contributed by atoms with Gasteiger partial charge in [-0.2, -0.15) is 0 Å². The molecule has 98 valence electrons. The molecule has 0 bridgehead atoms. The molecule has 0 aromatic heterocycles. The van der Waals surface area contributed by atoms with E-state index < -0.39 is 0 Å². The molecule has 1 N–H and O–H groups in total. The monoisotopic (exact) mass is 248 g/mol. The summed E-state index contributed by atoms with van der Waals surface area (Å²) < 4.78 is 0. The lowest BCUT2D eigenvalue weighted by molar-refractivity contribution is -0.140. The van der Waals surface area contributed by atoms with Crippen LogP contribution in [0.15, 0.2) is 12.2 Å². The van der Waals surface area contributed by atoms with E-state index in [1.165, 1.54) is 17.7 Å². The lowest BCUT2D eigenvalue weighted by Gasteiger charge is -2.27. The van der Waals surface area contributed by atoms with Crippen LogP contribution in [0.4, 0.5) is 0 Å². The van der Waals surface area contributed by atoms with Crippen LogP contribution in [0.3, 0.4) is 0 Å². The van der Waals surface area contributed by atoms with Crippen LogP contribution in [0.5, 0.6) is 0 Å². The Kier molecular flexibility index (Phi) is 3.20. The van der Waals surface area contributed by atoms with Crippen molar-refractivity contribution in [2.45, 2.75) is 38.1 Å². The highest BCUT2D eigenvalue weighted by Gasteiger charge is 2.47. The van der Waals surface area contributed by atoms with Gasteiger partial charge in [-0.1, -0.05) is 18.6 Å². The molecule has 0 spiro atoms. The maximum atomic E-state index is 12.3. The number of carbonyl (C=O) groups is 2. The predicted molar refractivity (Wildman–Crippen MR) is 67.7 cm³/mol. The fourth-order valence-electron chi connectivity index (χ4n) is 3.35. The van der Waals surface area contributed by atoms with Gasteiger partial charge >= 0.3 is 0 Å². The van der Waals surface area contributed by atoms with E-state index in [2.05, 4.69) is 5.32 Å². The van der Waals surface area contributed by atoms with Crippen LogP contribution in [0.1, 0.15) is 32.1 Å². The second kappa shape index (κ2) is 4.84. The molecule has 1 unspecified atom stereocenters. The lowest BCUT2D eigenvalue weighted by atomic mass is 9.85. The van der Waals surface area contributed by atoms with Crippen LogP contribution in [0.25, 0.3) is 0 Å². The van der Waals surface area contributed by atoms with E-state index in [-0.39, 0.29) is 23.7 Å². The second-order valence-corrected chi connectivity index (χ2v) is 5.59. The van der Waals surface area contributed by atoms with Gasteiger partial charge in [-0.3, -0.25) is 14.5 Å². The van der Waals surface area contributed by atoms with Crippen molar-refractivity contribution in [2.24, 2.45) is 11.8 Å². The Morgan fingerprint density at radius 2 is 1.78 bits per heavy atom. The molecule has 3 atom stereocenters. The molecule has 2 saturated heterocycles. The second-order valence-electron chi connectivity index (χ2n) is 5.59. The number of rotatable bonds is 2. The van der Waals surface area contributed by atoms with Gasteiger partial charge in [0.1, 0.15) is 0 Å². The molecular weight excluding hydrogens is 228 g/mol. The molecule has 0 aromatic rings. The molecule has 0 radical (unpaired) electrons. The van der Waals surface area contributed by atoms with Crippen LogP contribution < -0.4 is 5.32 Å². The first-order valence-electron chi connectivity index (χ1n) is 7.01. The van der Waals surface area contributed by atoms with E-state index in [4.69, 9.17) is 0 Å². The first-order chi connectivity index (χ1) is 8.77. The molecular formula is C14H20N2O2. The third kappa shape index (κ3) is 1.99. The smallest absolute Gasteiger partial charge is 0.233 e. The van der Waals surface area contributed by atoms with Gasteiger partial charge in [0.15, 0.2) is 0 Å². The van der Waals surface area contributed by atoms with Crippen LogP contribution in [-0.2, 0) is 9.59 Å². The Balaban J connectivity index is 1.69. The maximum absolute atomic E-state index is 12.3. The molecule has 4 nitrogen and oxygen atoms in total. The van der Waals surface area contributed by atoms with E-state index in [0.29, 0.717) is 12.6 Å². The fourth-order valence-corrected chi connectivity index (χ4v) is 3.35. The zero-order valence-corrected chi connectivity index (χ0v) is 10.6. The summed E-state index contributed by atoms with van der Waals surface area (Å²) in [6.07, 6.45) is 9.03. The molecule has 4 heteroatoms. The summed E-state index contributed by atoms with van der Waals surface area (Å²) in [6.45, 7) is 1.58. The normalized spacial score (nSPS) is 36.0. The predicted octanol–water partition coefficient (Wildman–Crippen LogP) is 1.08. The number of carbonyl (C=O) groups excluding carboxylic acids is 2. The zero-order valence-electron chi connectivity index (χ0n) is 10.6. The standard InChI is InChI=1S/C14H20N2O2/c17-13-11-6-1-2-7-12(11)14(18)16(13)9-10-5-3-4-8-15-10/h1-2,10-12,15H,3-9H2/t10?,11-,12+. The number of hydrogen-bond donors (Lipinski definition) is 1. The molecule has 2 aliphatic heterocycles. The van der Waals surface area contributed by atoms with E-state index in [0.717, 1.165) is 25.8 Å². The highest BCUT2D eigenvalue weighted by Crippen LogP contribution is 2.35. The highest BCUT2D eigenvalue weighted by atomic mass is 16.2. The SMILES string of the molecule is O=C1[C@H]2CC=CC[C@H]2C(=O)N1CC1CCCCN1.